The largest absolute Gasteiger partial charge is 0.437 e. The number of nitrogens with zero attached hydrogens (tertiary/aromatic N) is 2. The number of carbonyl (C=O) groups excluding carboxylic acids is 1. The Balaban J connectivity index is 2.01. The molecule has 0 aliphatic rings. The number of carbonyl (C=O) groups is 1. The molecule has 2 N–H and O–H groups in total. The lowest BCUT2D eigenvalue weighted by Crippen LogP contribution is -2.18. The molecule has 0 spiro atoms. The van der Waals surface area contributed by atoms with Gasteiger partial charge in [0.15, 0.2) is 5.69 Å². The first kappa shape index (κ1) is 23.1. The van der Waals surface area contributed by atoms with Crippen LogP contribution in [0.1, 0.15) is 21.6 Å². The van der Waals surface area contributed by atoms with Crippen LogP contribution in [0.25, 0.3) is 0 Å². The van der Waals surface area contributed by atoms with Crippen LogP contribution < -0.4 is 10.1 Å². The molecule has 0 aliphatic carbocycles. The lowest BCUT2D eigenvalue weighted by Gasteiger charge is -2.14. The Morgan fingerprint density at radius 3 is 2.47 bits per heavy atom. The maximum Gasteiger partial charge on any atom is 0.435 e. The highest BCUT2D eigenvalue weighted by molar-refractivity contribution is 7.91. The number of nitrogens with one attached hydrogen (secondary N) is 2. The Kier molecular flexibility index (Phi) is 6.17. The molecule has 3 aromatic rings. The minimum atomic E-state index is -4.87. The number of aryl methyl sites for hydroxylation is 1. The van der Waals surface area contributed by atoms with Crippen molar-refractivity contribution in [3.05, 3.63) is 71.2 Å². The molecule has 0 radical (unpaired) electrons. The standard InChI is InChI=1S/C20H16F4N4O3S/c1-11-8-12(21)6-7-16(11)31-19-15(10-17(27-28-19)20(22,23)24)18(29)26-13-4-3-5-14(9-13)32(2,25)30/h3-10,25H,1-2H3,(H,26,29)/t32-/m0/s1. The van der Waals surface area contributed by atoms with E-state index in [1.807, 2.05) is 0 Å². The van der Waals surface area contributed by atoms with Crippen molar-refractivity contribution in [1.29, 1.82) is 4.78 Å². The van der Waals surface area contributed by atoms with E-state index in [0.29, 0.717) is 11.6 Å². The van der Waals surface area contributed by atoms with Crippen molar-refractivity contribution in [1.82, 2.24) is 10.2 Å². The molecule has 2 aromatic carbocycles. The molecule has 3 rings (SSSR count). The van der Waals surface area contributed by atoms with E-state index in [1.165, 1.54) is 43.5 Å². The van der Waals surface area contributed by atoms with Gasteiger partial charge >= 0.3 is 6.18 Å². The molecule has 168 valence electrons. The van der Waals surface area contributed by atoms with E-state index in [2.05, 4.69) is 15.5 Å². The third kappa shape index (κ3) is 5.38. The van der Waals surface area contributed by atoms with Crippen LogP contribution in [0.5, 0.6) is 11.6 Å². The van der Waals surface area contributed by atoms with Gasteiger partial charge in [-0.3, -0.25) is 4.79 Å². The molecule has 32 heavy (non-hydrogen) atoms. The molecule has 1 heterocycles. The van der Waals surface area contributed by atoms with E-state index in [9.17, 15) is 26.6 Å². The molecule has 7 nitrogen and oxygen atoms in total. The number of anilines is 1. The summed E-state index contributed by atoms with van der Waals surface area (Å²) in [6.07, 6.45) is -3.68. The van der Waals surface area contributed by atoms with Gasteiger partial charge in [0.05, 0.1) is 9.73 Å². The Hall–Kier alpha value is -3.54. The molecular weight excluding hydrogens is 452 g/mol. The van der Waals surface area contributed by atoms with Crippen molar-refractivity contribution in [3.63, 3.8) is 0 Å². The van der Waals surface area contributed by atoms with Gasteiger partial charge in [0, 0.05) is 16.8 Å². The van der Waals surface area contributed by atoms with Gasteiger partial charge < -0.3 is 10.1 Å². The Labute approximate surface area is 180 Å². The molecule has 0 unspecified atom stereocenters. The van der Waals surface area contributed by atoms with Gasteiger partial charge in [0.2, 0.25) is 0 Å². The van der Waals surface area contributed by atoms with Gasteiger partial charge in [-0.2, -0.15) is 13.2 Å². The smallest absolute Gasteiger partial charge is 0.435 e. The number of alkyl halides is 3. The number of hydrogen-bond donors (Lipinski definition) is 2. The molecular formula is C20H16F4N4O3S. The van der Waals surface area contributed by atoms with Crippen molar-refractivity contribution in [2.75, 3.05) is 11.6 Å². The topological polar surface area (TPSA) is 105 Å². The zero-order valence-electron chi connectivity index (χ0n) is 16.7. The van der Waals surface area contributed by atoms with Gasteiger partial charge in [-0.25, -0.2) is 13.4 Å². The minimum Gasteiger partial charge on any atom is -0.437 e. The first-order valence-corrected chi connectivity index (χ1v) is 10.9. The number of amides is 1. The fourth-order valence-electron chi connectivity index (χ4n) is 2.60. The van der Waals surface area contributed by atoms with Crippen LogP contribution in [0.2, 0.25) is 0 Å². The number of rotatable bonds is 5. The molecule has 0 saturated heterocycles. The van der Waals surface area contributed by atoms with Crippen LogP contribution in [0.15, 0.2) is 53.4 Å². The highest BCUT2D eigenvalue weighted by Gasteiger charge is 2.35. The average molecular weight is 468 g/mol. The lowest BCUT2D eigenvalue weighted by molar-refractivity contribution is -0.141. The lowest BCUT2D eigenvalue weighted by atomic mass is 10.2. The summed E-state index contributed by atoms with van der Waals surface area (Å²) in [6, 6.07) is 9.48. The number of aromatic nitrogens is 2. The second-order valence-electron chi connectivity index (χ2n) is 6.78. The Morgan fingerprint density at radius 1 is 1.12 bits per heavy atom. The zero-order chi connectivity index (χ0) is 23.7. The molecule has 1 aromatic heterocycles. The third-order valence-corrected chi connectivity index (χ3v) is 5.33. The van der Waals surface area contributed by atoms with Crippen molar-refractivity contribution in [3.8, 4) is 11.6 Å². The maximum absolute atomic E-state index is 13.3. The summed E-state index contributed by atoms with van der Waals surface area (Å²) in [4.78, 5) is 12.9. The molecule has 0 fully saturated rings. The monoisotopic (exact) mass is 468 g/mol. The summed E-state index contributed by atoms with van der Waals surface area (Å²) in [7, 11) is -3.09. The van der Waals surface area contributed by atoms with E-state index in [-0.39, 0.29) is 16.3 Å². The highest BCUT2D eigenvalue weighted by Crippen LogP contribution is 2.32. The summed E-state index contributed by atoms with van der Waals surface area (Å²) in [5.41, 5.74) is -1.57. The second kappa shape index (κ2) is 8.54. The van der Waals surface area contributed by atoms with E-state index >= 15 is 0 Å². The normalized spacial score (nSPS) is 13.3. The van der Waals surface area contributed by atoms with Crippen LogP contribution >= 0.6 is 0 Å². The summed E-state index contributed by atoms with van der Waals surface area (Å²) in [5.74, 6) is -2.02. The first-order valence-electron chi connectivity index (χ1n) is 8.89. The van der Waals surface area contributed by atoms with Crippen molar-refractivity contribution in [2.45, 2.75) is 18.0 Å². The van der Waals surface area contributed by atoms with Gasteiger partial charge in [-0.1, -0.05) is 6.07 Å². The minimum absolute atomic E-state index is 0.0661. The van der Waals surface area contributed by atoms with Crippen molar-refractivity contribution < 1.29 is 31.3 Å². The fourth-order valence-corrected chi connectivity index (χ4v) is 3.29. The van der Waals surface area contributed by atoms with Crippen LogP contribution in [-0.2, 0) is 15.9 Å². The van der Waals surface area contributed by atoms with Gasteiger partial charge in [0.25, 0.3) is 11.8 Å². The van der Waals surface area contributed by atoms with E-state index < -0.39 is 44.8 Å². The van der Waals surface area contributed by atoms with Crippen LogP contribution in [0.3, 0.4) is 0 Å². The SMILES string of the molecule is Cc1cc(F)ccc1Oc1nnc(C(F)(F)F)cc1C(=O)Nc1cccc([S@@](C)(=N)=O)c1. The molecule has 12 heteroatoms. The van der Waals surface area contributed by atoms with Crippen molar-refractivity contribution >= 4 is 21.3 Å². The third-order valence-electron chi connectivity index (χ3n) is 4.18. The summed E-state index contributed by atoms with van der Waals surface area (Å²) < 4.78 is 77.8. The van der Waals surface area contributed by atoms with Gasteiger partial charge in [-0.05, 0) is 55.0 Å². The Morgan fingerprint density at radius 2 is 1.84 bits per heavy atom. The van der Waals surface area contributed by atoms with Gasteiger partial charge in [-0.15, -0.1) is 10.2 Å². The zero-order valence-corrected chi connectivity index (χ0v) is 17.5. The number of benzene rings is 2. The van der Waals surface area contributed by atoms with E-state index in [4.69, 9.17) is 9.52 Å². The van der Waals surface area contributed by atoms with E-state index in [1.54, 1.807) is 0 Å². The highest BCUT2D eigenvalue weighted by atomic mass is 32.2. The quantitative estimate of drug-likeness (QED) is 0.512. The number of halogens is 4. The summed E-state index contributed by atoms with van der Waals surface area (Å²) in [6.45, 7) is 1.50. The number of ether oxygens (including phenoxy) is 1. The molecule has 0 aliphatic heterocycles. The van der Waals surface area contributed by atoms with Crippen LogP contribution in [-0.4, -0.2) is 26.6 Å². The second-order valence-corrected chi connectivity index (χ2v) is 8.94. The van der Waals surface area contributed by atoms with Crippen molar-refractivity contribution in [2.24, 2.45) is 0 Å². The molecule has 1 amide bonds. The predicted octanol–water partition coefficient (Wildman–Crippen LogP) is 5.02. The summed E-state index contributed by atoms with van der Waals surface area (Å²) in [5, 5.41) is 8.85. The molecule has 0 saturated carbocycles. The molecule has 1 atom stereocenters. The van der Waals surface area contributed by atoms with E-state index in [0.717, 1.165) is 12.1 Å². The first-order chi connectivity index (χ1) is 14.8. The summed E-state index contributed by atoms with van der Waals surface area (Å²) >= 11 is 0. The van der Waals surface area contributed by atoms with Crippen LogP contribution in [0.4, 0.5) is 23.2 Å². The average Bonchev–Trinajstić information content (AvgIpc) is 2.69. The number of hydrogen-bond acceptors (Lipinski definition) is 6. The van der Waals surface area contributed by atoms with Crippen LogP contribution in [0, 0.1) is 17.5 Å². The fraction of sp³-hybridized carbons (Fsp3) is 0.150. The Bertz CT molecular complexity index is 1290. The predicted molar refractivity (Wildman–Crippen MR) is 108 cm³/mol. The molecule has 0 bridgehead atoms. The maximum atomic E-state index is 13.3. The van der Waals surface area contributed by atoms with Gasteiger partial charge in [0.1, 0.15) is 17.1 Å².